The molecule has 134 valence electrons. The number of fused-ring (bicyclic) bond motifs is 1. The number of carbonyl (C=O) groups is 3. The molecule has 8 heteroatoms. The van der Waals surface area contributed by atoms with E-state index in [1.54, 1.807) is 0 Å². The van der Waals surface area contributed by atoms with E-state index < -0.39 is 24.3 Å². The number of rotatable bonds is 3. The van der Waals surface area contributed by atoms with Crippen LogP contribution in [0.15, 0.2) is 28.7 Å². The molecule has 1 aliphatic rings. The summed E-state index contributed by atoms with van der Waals surface area (Å²) in [6.45, 7) is 3.33. The largest absolute Gasteiger partial charge is 0.324 e. The second-order valence-corrected chi connectivity index (χ2v) is 7.70. The maximum absolute atomic E-state index is 12.5. The van der Waals surface area contributed by atoms with Gasteiger partial charge in [-0.3, -0.25) is 19.3 Å². The van der Waals surface area contributed by atoms with E-state index in [-0.39, 0.29) is 21.2 Å². The number of carbonyl (C=O) groups excluding carboxylic acids is 3. The highest BCUT2D eigenvalue weighted by Gasteiger charge is 2.37. The Bertz CT molecular complexity index is 911. The number of halogens is 3. The number of nitrogens with one attached hydrogen (secondary N) is 1. The summed E-state index contributed by atoms with van der Waals surface area (Å²) in [5, 5.41) is 3.12. The van der Waals surface area contributed by atoms with Gasteiger partial charge in [0.1, 0.15) is 6.54 Å². The van der Waals surface area contributed by atoms with Crippen LogP contribution in [0.1, 0.15) is 31.8 Å². The van der Waals surface area contributed by atoms with Gasteiger partial charge in [0.15, 0.2) is 0 Å². The van der Waals surface area contributed by atoms with Crippen LogP contribution in [0.25, 0.3) is 0 Å². The number of hydrogen-bond donors (Lipinski definition) is 1. The molecule has 0 radical (unpaired) electrons. The van der Waals surface area contributed by atoms with Gasteiger partial charge >= 0.3 is 0 Å². The van der Waals surface area contributed by atoms with Gasteiger partial charge in [-0.05, 0) is 49.2 Å². The molecule has 5 nitrogen and oxygen atoms in total. The minimum Gasteiger partial charge on any atom is -0.324 e. The van der Waals surface area contributed by atoms with Gasteiger partial charge in [-0.2, -0.15) is 0 Å². The first kappa shape index (κ1) is 18.9. The van der Waals surface area contributed by atoms with Gasteiger partial charge in [0.25, 0.3) is 11.8 Å². The van der Waals surface area contributed by atoms with Crippen molar-refractivity contribution >= 4 is 62.5 Å². The SMILES string of the molecule is Cc1cc(Br)cc(C)c1NC(=O)CN1C(=O)c2cc(Cl)c(Cl)cc2C1=O. The minimum atomic E-state index is -0.567. The van der Waals surface area contributed by atoms with Crippen molar-refractivity contribution in [2.24, 2.45) is 0 Å². The lowest BCUT2D eigenvalue weighted by molar-refractivity contribution is -0.116. The van der Waals surface area contributed by atoms with E-state index in [4.69, 9.17) is 23.2 Å². The molecule has 2 aromatic carbocycles. The number of imide groups is 1. The van der Waals surface area contributed by atoms with Crippen molar-refractivity contribution < 1.29 is 14.4 Å². The van der Waals surface area contributed by atoms with Gasteiger partial charge in [0.05, 0.1) is 21.2 Å². The number of anilines is 1. The second kappa shape index (κ2) is 7.02. The van der Waals surface area contributed by atoms with E-state index in [9.17, 15) is 14.4 Å². The molecular weight excluding hydrogens is 443 g/mol. The zero-order chi connectivity index (χ0) is 19.2. The molecule has 3 rings (SSSR count). The Labute approximate surface area is 168 Å². The van der Waals surface area contributed by atoms with E-state index in [1.165, 1.54) is 12.1 Å². The molecule has 0 atom stereocenters. The predicted octanol–water partition coefficient (Wildman–Crippen LogP) is 4.61. The molecule has 26 heavy (non-hydrogen) atoms. The molecule has 1 heterocycles. The average Bonchev–Trinajstić information content (AvgIpc) is 2.76. The summed E-state index contributed by atoms with van der Waals surface area (Å²) in [4.78, 5) is 38.2. The summed E-state index contributed by atoms with van der Waals surface area (Å²) >= 11 is 15.2. The van der Waals surface area contributed by atoms with Crippen molar-refractivity contribution in [2.75, 3.05) is 11.9 Å². The van der Waals surface area contributed by atoms with Gasteiger partial charge in [0.2, 0.25) is 5.91 Å². The molecule has 0 bridgehead atoms. The Morgan fingerprint density at radius 3 is 1.92 bits per heavy atom. The standard InChI is InChI=1S/C18H13BrCl2N2O3/c1-8-3-10(19)4-9(2)16(8)22-15(24)7-23-17(25)11-5-13(20)14(21)6-12(11)18(23)26/h3-6H,7H2,1-2H3,(H,22,24). The van der Waals surface area contributed by atoms with Crippen LogP contribution in [0.2, 0.25) is 10.0 Å². The highest BCUT2D eigenvalue weighted by atomic mass is 79.9. The normalized spacial score (nSPS) is 13.2. The summed E-state index contributed by atoms with van der Waals surface area (Å²) in [6.07, 6.45) is 0. The first-order valence-electron chi connectivity index (χ1n) is 7.61. The molecule has 0 saturated carbocycles. The van der Waals surface area contributed by atoms with E-state index in [0.29, 0.717) is 5.69 Å². The molecule has 0 spiro atoms. The third kappa shape index (κ3) is 3.37. The lowest BCUT2D eigenvalue weighted by atomic mass is 10.1. The Kier molecular flexibility index (Phi) is 5.10. The van der Waals surface area contributed by atoms with E-state index in [0.717, 1.165) is 20.5 Å². The summed E-state index contributed by atoms with van der Waals surface area (Å²) in [6, 6.07) is 6.43. The third-order valence-electron chi connectivity index (χ3n) is 4.08. The number of nitrogens with zero attached hydrogens (tertiary/aromatic N) is 1. The average molecular weight is 456 g/mol. The first-order chi connectivity index (χ1) is 12.2. The molecule has 3 amide bonds. The summed E-state index contributed by atoms with van der Waals surface area (Å²) < 4.78 is 0.902. The molecule has 1 aliphatic heterocycles. The van der Waals surface area contributed by atoms with Crippen LogP contribution in [0.4, 0.5) is 5.69 Å². The van der Waals surface area contributed by atoms with Crippen molar-refractivity contribution in [1.29, 1.82) is 0 Å². The smallest absolute Gasteiger partial charge is 0.262 e. The second-order valence-electron chi connectivity index (χ2n) is 5.97. The number of amides is 3. The molecular formula is C18H13BrCl2N2O3. The summed E-state index contributed by atoms with van der Waals surface area (Å²) in [7, 11) is 0. The molecule has 0 saturated heterocycles. The number of hydrogen-bond acceptors (Lipinski definition) is 3. The topological polar surface area (TPSA) is 66.5 Å². The predicted molar refractivity (Wildman–Crippen MR) is 104 cm³/mol. The Morgan fingerprint density at radius 2 is 1.46 bits per heavy atom. The fourth-order valence-corrected chi connectivity index (χ4v) is 3.87. The van der Waals surface area contributed by atoms with Crippen molar-refractivity contribution in [1.82, 2.24) is 4.90 Å². The molecule has 1 N–H and O–H groups in total. The van der Waals surface area contributed by atoms with Crippen LogP contribution in [0, 0.1) is 13.8 Å². The maximum Gasteiger partial charge on any atom is 0.262 e. The lowest BCUT2D eigenvalue weighted by Crippen LogP contribution is -2.37. The van der Waals surface area contributed by atoms with Crippen LogP contribution in [-0.4, -0.2) is 29.2 Å². The molecule has 0 aliphatic carbocycles. The monoisotopic (exact) mass is 454 g/mol. The first-order valence-corrected chi connectivity index (χ1v) is 9.15. The number of benzene rings is 2. The Hall–Kier alpha value is -1.89. The van der Waals surface area contributed by atoms with E-state index >= 15 is 0 Å². The van der Waals surface area contributed by atoms with E-state index in [1.807, 2.05) is 26.0 Å². The van der Waals surface area contributed by atoms with Crippen molar-refractivity contribution in [3.63, 3.8) is 0 Å². The van der Waals surface area contributed by atoms with E-state index in [2.05, 4.69) is 21.2 Å². The maximum atomic E-state index is 12.5. The van der Waals surface area contributed by atoms with Crippen LogP contribution in [0.5, 0.6) is 0 Å². The van der Waals surface area contributed by atoms with Crippen molar-refractivity contribution in [3.8, 4) is 0 Å². The summed E-state index contributed by atoms with van der Waals surface area (Å²) in [5.41, 5.74) is 2.68. The zero-order valence-electron chi connectivity index (χ0n) is 13.8. The molecule has 0 aromatic heterocycles. The van der Waals surface area contributed by atoms with Gasteiger partial charge < -0.3 is 5.32 Å². The highest BCUT2D eigenvalue weighted by Crippen LogP contribution is 2.31. The van der Waals surface area contributed by atoms with Gasteiger partial charge in [-0.1, -0.05) is 39.1 Å². The Morgan fingerprint density at radius 1 is 1.00 bits per heavy atom. The third-order valence-corrected chi connectivity index (χ3v) is 5.26. The minimum absolute atomic E-state index is 0.146. The Balaban J connectivity index is 1.81. The molecule has 2 aromatic rings. The van der Waals surface area contributed by atoms with Gasteiger partial charge in [-0.15, -0.1) is 0 Å². The summed E-state index contributed by atoms with van der Waals surface area (Å²) in [5.74, 6) is -1.60. The fraction of sp³-hybridized carbons (Fsp3) is 0.167. The molecule has 0 fully saturated rings. The van der Waals surface area contributed by atoms with Crippen LogP contribution < -0.4 is 5.32 Å². The quantitative estimate of drug-likeness (QED) is 0.687. The van der Waals surface area contributed by atoms with Crippen molar-refractivity contribution in [2.45, 2.75) is 13.8 Å². The zero-order valence-corrected chi connectivity index (χ0v) is 16.9. The van der Waals surface area contributed by atoms with Gasteiger partial charge in [-0.25, -0.2) is 0 Å². The van der Waals surface area contributed by atoms with Crippen LogP contribution in [-0.2, 0) is 4.79 Å². The van der Waals surface area contributed by atoms with Crippen molar-refractivity contribution in [3.05, 3.63) is 61.0 Å². The van der Waals surface area contributed by atoms with Crippen LogP contribution >= 0.6 is 39.1 Å². The highest BCUT2D eigenvalue weighted by molar-refractivity contribution is 9.10. The number of aryl methyl sites for hydroxylation is 2. The van der Waals surface area contributed by atoms with Crippen LogP contribution in [0.3, 0.4) is 0 Å². The van der Waals surface area contributed by atoms with Gasteiger partial charge in [0, 0.05) is 10.2 Å². The lowest BCUT2D eigenvalue weighted by Gasteiger charge is -2.16. The fourth-order valence-electron chi connectivity index (χ4n) is 2.86. The molecule has 0 unspecified atom stereocenters.